The lowest BCUT2D eigenvalue weighted by Gasteiger charge is -2.33. The number of halogens is 4. The first-order valence-corrected chi connectivity index (χ1v) is 21.5. The molecule has 1 aliphatic heterocycles. The summed E-state index contributed by atoms with van der Waals surface area (Å²) in [4.78, 5) is 29.8. The fraction of sp³-hybridized carbons (Fsp3) is 0.200. The number of rotatable bonds is 13. The van der Waals surface area contributed by atoms with Crippen LogP contribution in [0.4, 0.5) is 40.3 Å². The number of sulfone groups is 1. The Hall–Kier alpha value is -7.63. The molecule has 0 radical (unpaired) electrons. The fourth-order valence-electron chi connectivity index (χ4n) is 7.68. The van der Waals surface area contributed by atoms with Crippen LogP contribution in [0.5, 0.6) is 0 Å². The van der Waals surface area contributed by atoms with E-state index in [9.17, 15) is 40.7 Å². The van der Waals surface area contributed by atoms with Crippen molar-refractivity contribution >= 4 is 49.3 Å². The summed E-state index contributed by atoms with van der Waals surface area (Å²) in [5.41, 5.74) is -0.0882. The number of anilines is 4. The molecule has 2 aromatic heterocycles. The van der Waals surface area contributed by atoms with Crippen LogP contribution in [-0.4, -0.2) is 55.7 Å². The Bertz CT molecular complexity index is 3150. The van der Waals surface area contributed by atoms with Crippen molar-refractivity contribution in [2.24, 2.45) is 7.05 Å². The Balaban J connectivity index is 0.855. The Labute approximate surface area is 368 Å². The normalized spacial score (nSPS) is 15.7. The van der Waals surface area contributed by atoms with E-state index in [2.05, 4.69) is 41.5 Å². The van der Waals surface area contributed by atoms with Crippen LogP contribution in [0.2, 0.25) is 0 Å². The summed E-state index contributed by atoms with van der Waals surface area (Å²) in [6.45, 7) is 1.86. The molecule has 0 spiro atoms. The third-order valence-corrected chi connectivity index (χ3v) is 12.9. The molecule has 0 saturated heterocycles. The van der Waals surface area contributed by atoms with Crippen LogP contribution in [-0.2, 0) is 40.9 Å². The Morgan fingerprint density at radius 3 is 2.11 bits per heavy atom. The summed E-state index contributed by atoms with van der Waals surface area (Å²) < 4.78 is 82.8. The second-order valence-corrected chi connectivity index (χ2v) is 17.7. The first-order chi connectivity index (χ1) is 30.9. The lowest BCUT2D eigenvalue weighted by molar-refractivity contribution is -0.137. The number of nitrogens with zero attached hydrogens (tertiary/aromatic N) is 5. The highest BCUT2D eigenvalue weighted by atomic mass is 32.2. The number of aryl methyl sites for hydroxylation is 1. The van der Waals surface area contributed by atoms with Crippen LogP contribution in [0.1, 0.15) is 58.2 Å². The van der Waals surface area contributed by atoms with Gasteiger partial charge in [-0.05, 0) is 90.3 Å². The number of nitrogens with one attached hydrogen (secondary N) is 5. The van der Waals surface area contributed by atoms with Crippen molar-refractivity contribution in [3.8, 4) is 6.07 Å². The number of carbonyl (C=O) groups excluding carboxylic acids is 1. The molecule has 20 heteroatoms. The molecule has 0 fully saturated rings. The zero-order valence-corrected chi connectivity index (χ0v) is 35.2. The maximum Gasteiger partial charge on any atom is 0.417 e. The molecule has 1 aliphatic rings. The van der Waals surface area contributed by atoms with Gasteiger partial charge in [-0.15, -0.1) is 0 Å². The number of nitriles is 1. The Morgan fingerprint density at radius 2 is 1.52 bits per heavy atom. The third-order valence-electron chi connectivity index (χ3n) is 11.0. The number of amides is 1. The van der Waals surface area contributed by atoms with Gasteiger partial charge >= 0.3 is 6.18 Å². The van der Waals surface area contributed by atoms with E-state index in [4.69, 9.17) is 5.26 Å². The van der Waals surface area contributed by atoms with E-state index in [0.29, 0.717) is 47.4 Å². The number of hydrogen-bond acceptors (Lipinski definition) is 12. The van der Waals surface area contributed by atoms with E-state index >= 15 is 0 Å². The molecule has 0 aliphatic carbocycles. The molecule has 332 valence electrons. The number of alkyl halides is 3. The van der Waals surface area contributed by atoms with Crippen molar-refractivity contribution in [2.45, 2.75) is 48.6 Å². The maximum atomic E-state index is 14.7. The lowest BCUT2D eigenvalue weighted by atomic mass is 9.83. The van der Waals surface area contributed by atoms with Gasteiger partial charge in [0.05, 0.1) is 50.9 Å². The molecule has 8 rings (SSSR count). The molecular weight excluding hydrogens is 869 g/mol. The minimum absolute atomic E-state index is 0.187. The number of H-pyrrole nitrogens is 1. The second-order valence-electron chi connectivity index (χ2n) is 15.7. The van der Waals surface area contributed by atoms with Gasteiger partial charge in [0.25, 0.3) is 11.5 Å². The average molecular weight is 907 g/mol. The first-order valence-electron chi connectivity index (χ1n) is 19.9. The van der Waals surface area contributed by atoms with Crippen molar-refractivity contribution in [1.82, 2.24) is 25.0 Å². The molecule has 1 amide bonds. The van der Waals surface area contributed by atoms with Crippen LogP contribution < -0.4 is 26.8 Å². The molecule has 6 N–H and O–H groups in total. The summed E-state index contributed by atoms with van der Waals surface area (Å²) in [5.74, 6) is -2.72. The van der Waals surface area contributed by atoms with Crippen LogP contribution >= 0.6 is 0 Å². The molecule has 5 aromatic carbocycles. The predicted molar refractivity (Wildman–Crippen MR) is 233 cm³/mol. The highest BCUT2D eigenvalue weighted by Crippen LogP contribution is 2.46. The lowest BCUT2D eigenvalue weighted by Crippen LogP contribution is -2.45. The van der Waals surface area contributed by atoms with Gasteiger partial charge in [-0.2, -0.15) is 28.6 Å². The van der Waals surface area contributed by atoms with E-state index in [0.717, 1.165) is 41.4 Å². The quantitative estimate of drug-likeness (QED) is 0.0661. The van der Waals surface area contributed by atoms with Gasteiger partial charge in [-0.3, -0.25) is 14.3 Å². The molecule has 15 nitrogen and oxygen atoms in total. The van der Waals surface area contributed by atoms with Crippen LogP contribution in [0.3, 0.4) is 0 Å². The number of carbonyl (C=O) groups is 1. The van der Waals surface area contributed by atoms with Gasteiger partial charge in [0.15, 0.2) is 15.4 Å². The van der Waals surface area contributed by atoms with Gasteiger partial charge in [0.1, 0.15) is 18.0 Å². The van der Waals surface area contributed by atoms with E-state index in [-0.39, 0.29) is 16.0 Å². The van der Waals surface area contributed by atoms with Crippen LogP contribution in [0.15, 0.2) is 119 Å². The molecule has 0 saturated carbocycles. The molecule has 7 aromatic rings. The van der Waals surface area contributed by atoms with Crippen molar-refractivity contribution in [3.63, 3.8) is 0 Å². The SMILES string of the molecule is Cn1ncnc1[C@H]1c2n[nH]c(=O)c3cc(F)cc(c23)N[C@@H]1c1ccc(NCc2ccc(CNc3ccc(S(=O)(=O)CC(C)(O)C(=O)Nc4ccc(C#N)c(C(F)(F)F)c4)cc3)cc2)cc1. The smallest absolute Gasteiger partial charge is 0.381 e. The number of hydrogen-bond donors (Lipinski definition) is 6. The van der Waals surface area contributed by atoms with Crippen molar-refractivity contribution in [2.75, 3.05) is 27.0 Å². The molecule has 0 bridgehead atoms. The first kappa shape index (κ1) is 44.0. The summed E-state index contributed by atoms with van der Waals surface area (Å²) in [5, 5.41) is 43.9. The average Bonchev–Trinajstić information content (AvgIpc) is 3.70. The Morgan fingerprint density at radius 1 is 0.908 bits per heavy atom. The van der Waals surface area contributed by atoms with E-state index in [1.165, 1.54) is 48.8 Å². The highest BCUT2D eigenvalue weighted by Gasteiger charge is 2.39. The fourth-order valence-corrected chi connectivity index (χ4v) is 9.27. The van der Waals surface area contributed by atoms with E-state index < -0.39 is 67.7 Å². The van der Waals surface area contributed by atoms with Gasteiger partial charge in [-0.1, -0.05) is 36.4 Å². The standard InChI is InChI=1S/C45H38F4N10O5S/c1-44(62,43(61)55-32-12-9-28(20-50)35(19-32)45(47,48)49)23-65(63,64)33-15-13-31(14-16-33)52-22-26-5-3-25(4-6-26)21-51-30-10-7-27(8-11-30)39-38(41-53-24-54-59(41)2)40-37-34(42(60)58-57-40)17-29(46)18-36(37)56-39/h3-19,24,38-39,51-52,56,62H,21-23H2,1-2H3,(H,55,61)(H,58,60)/t38-,39-,44?/m1/s1. The maximum absolute atomic E-state index is 14.7. The van der Waals surface area contributed by atoms with Gasteiger partial charge in [-0.25, -0.2) is 22.9 Å². The van der Waals surface area contributed by atoms with Crippen molar-refractivity contribution in [3.05, 3.63) is 165 Å². The number of aliphatic hydroxyl groups is 1. The summed E-state index contributed by atoms with van der Waals surface area (Å²) in [6, 6.07) is 27.3. The minimum atomic E-state index is -4.89. The molecule has 3 heterocycles. The molecule has 65 heavy (non-hydrogen) atoms. The topological polar surface area (TPSA) is 220 Å². The number of aromatic nitrogens is 5. The van der Waals surface area contributed by atoms with Gasteiger partial charge in [0, 0.05) is 48.3 Å². The van der Waals surface area contributed by atoms with Crippen molar-refractivity contribution < 1.29 is 35.9 Å². The van der Waals surface area contributed by atoms with Crippen molar-refractivity contribution in [1.29, 1.82) is 5.26 Å². The summed E-state index contributed by atoms with van der Waals surface area (Å²) >= 11 is 0. The molecule has 1 unspecified atom stereocenters. The number of benzene rings is 5. The van der Waals surface area contributed by atoms with Crippen LogP contribution in [0, 0.1) is 17.1 Å². The second kappa shape index (κ2) is 17.2. The summed E-state index contributed by atoms with van der Waals surface area (Å²) in [6.07, 6.45) is -3.44. The van der Waals surface area contributed by atoms with E-state index in [1.54, 1.807) is 11.7 Å². The summed E-state index contributed by atoms with van der Waals surface area (Å²) in [7, 11) is -2.48. The predicted octanol–water partition coefficient (Wildman–Crippen LogP) is 6.77. The number of aromatic amines is 1. The molecule has 3 atom stereocenters. The highest BCUT2D eigenvalue weighted by molar-refractivity contribution is 7.91. The zero-order chi connectivity index (χ0) is 46.3. The molecular formula is C45H38F4N10O5S. The largest absolute Gasteiger partial charge is 0.417 e. The van der Waals surface area contributed by atoms with Crippen LogP contribution in [0.25, 0.3) is 10.8 Å². The zero-order valence-electron chi connectivity index (χ0n) is 34.4. The van der Waals surface area contributed by atoms with Gasteiger partial charge < -0.3 is 26.4 Å². The third kappa shape index (κ3) is 9.23. The monoisotopic (exact) mass is 906 g/mol. The Kier molecular flexibility index (Phi) is 11.6. The van der Waals surface area contributed by atoms with Gasteiger partial charge in [0.2, 0.25) is 0 Å². The van der Waals surface area contributed by atoms with E-state index in [1.807, 2.05) is 48.5 Å². The minimum Gasteiger partial charge on any atom is -0.381 e.